The van der Waals surface area contributed by atoms with Crippen molar-refractivity contribution in [1.29, 1.82) is 0 Å². The Kier molecular flexibility index (Phi) is 6.51. The lowest BCUT2D eigenvalue weighted by Gasteiger charge is -2.40. The first-order chi connectivity index (χ1) is 9.42. The molecule has 1 saturated heterocycles. The molecule has 1 amide bonds. The van der Waals surface area contributed by atoms with Crippen molar-refractivity contribution in [1.82, 2.24) is 9.62 Å². The Balaban J connectivity index is 3.08. The van der Waals surface area contributed by atoms with Crippen molar-refractivity contribution in [2.45, 2.75) is 32.1 Å². The zero-order valence-corrected chi connectivity index (χ0v) is 13.5. The molecule has 1 rings (SSSR count). The number of thioether (sulfide) groups is 1. The van der Waals surface area contributed by atoms with Crippen LogP contribution in [0.15, 0.2) is 35.4 Å². The fourth-order valence-corrected chi connectivity index (χ4v) is 4.25. The number of carbonyl (C=O) groups is 1. The lowest BCUT2D eigenvalue weighted by Crippen LogP contribution is -2.48. The summed E-state index contributed by atoms with van der Waals surface area (Å²) in [7, 11) is 0. The molecule has 0 radical (unpaired) electrons. The van der Waals surface area contributed by atoms with Gasteiger partial charge in [0.15, 0.2) is 0 Å². The second-order valence-corrected chi connectivity index (χ2v) is 6.47. The van der Waals surface area contributed by atoms with E-state index in [9.17, 15) is 13.6 Å². The molecule has 7 heteroatoms. The number of rotatable bonds is 4. The molecule has 1 aliphatic heterocycles. The summed E-state index contributed by atoms with van der Waals surface area (Å²) in [6.45, 7) is 9.27. The van der Waals surface area contributed by atoms with Crippen LogP contribution < -0.4 is 5.32 Å². The van der Waals surface area contributed by atoms with Gasteiger partial charge in [0.1, 0.15) is 0 Å². The van der Waals surface area contributed by atoms with Crippen LogP contribution in [0.1, 0.15) is 20.8 Å². The van der Waals surface area contributed by atoms with Gasteiger partial charge in [-0.3, -0.25) is 13.7 Å². The lowest BCUT2D eigenvalue weighted by atomic mass is 10.2. The Morgan fingerprint density at radius 3 is 2.75 bits per heavy atom. The van der Waals surface area contributed by atoms with Crippen LogP contribution in [0.2, 0.25) is 0 Å². The Hall–Kier alpha value is -1.05. The van der Waals surface area contributed by atoms with E-state index in [1.54, 1.807) is 17.8 Å². The Morgan fingerprint density at radius 2 is 2.30 bits per heavy atom. The monoisotopic (exact) mass is 316 g/mol. The molecule has 0 aliphatic carbocycles. The summed E-state index contributed by atoms with van der Waals surface area (Å²) >= 11 is -0.528. The molecule has 5 nitrogen and oxygen atoms in total. The maximum atomic E-state index is 11.6. The van der Waals surface area contributed by atoms with E-state index >= 15 is 0 Å². The van der Waals surface area contributed by atoms with Crippen LogP contribution in [0.3, 0.4) is 0 Å². The van der Waals surface area contributed by atoms with Crippen LogP contribution in [0.4, 0.5) is 0 Å². The zero-order chi connectivity index (χ0) is 15.3. The first-order valence-corrected chi connectivity index (χ1v) is 8.17. The van der Waals surface area contributed by atoms with Gasteiger partial charge in [-0.1, -0.05) is 18.7 Å². The Labute approximate surface area is 126 Å². The minimum Gasteiger partial charge on any atom is -0.355 e. The highest BCUT2D eigenvalue weighted by Crippen LogP contribution is 2.40. The summed E-state index contributed by atoms with van der Waals surface area (Å²) < 4.78 is 22.6. The third-order valence-electron chi connectivity index (χ3n) is 2.94. The standard InChI is InChI=1S/C13H20N2O3S2/c1-5-7-12-11(6-2)15(20(17)18)9(3)13(19-12)8-14-10(4)16/h5-7,9,13H,1,8H2,2-4H3,(H,14,16)(H,17,18)/b11-6+,12-7+/t9-,13+/m1/s1. The highest BCUT2D eigenvalue weighted by atomic mass is 32.2. The van der Waals surface area contributed by atoms with Crippen molar-refractivity contribution in [3.63, 3.8) is 0 Å². The van der Waals surface area contributed by atoms with Gasteiger partial charge in [-0.2, -0.15) is 0 Å². The first-order valence-electron chi connectivity index (χ1n) is 6.23. The van der Waals surface area contributed by atoms with Crippen molar-refractivity contribution in [3.05, 3.63) is 35.4 Å². The summed E-state index contributed by atoms with van der Waals surface area (Å²) in [6.07, 6.45) is 5.27. The summed E-state index contributed by atoms with van der Waals surface area (Å²) in [5.74, 6) is -0.111. The van der Waals surface area contributed by atoms with Gasteiger partial charge in [-0.15, -0.1) is 11.8 Å². The molecule has 20 heavy (non-hydrogen) atoms. The van der Waals surface area contributed by atoms with Crippen LogP contribution in [0.5, 0.6) is 0 Å². The molecule has 2 N–H and O–H groups in total. The number of nitrogens with zero attached hydrogens (tertiary/aromatic N) is 1. The fourth-order valence-electron chi connectivity index (χ4n) is 1.99. The molecule has 3 atom stereocenters. The number of nitrogens with one attached hydrogen (secondary N) is 1. The maximum absolute atomic E-state index is 11.6. The van der Waals surface area contributed by atoms with Crippen LogP contribution in [0.25, 0.3) is 0 Å². The van der Waals surface area contributed by atoms with Crippen LogP contribution in [0, 0.1) is 0 Å². The predicted molar refractivity (Wildman–Crippen MR) is 84.2 cm³/mol. The minimum atomic E-state index is -2.11. The summed E-state index contributed by atoms with van der Waals surface area (Å²) in [4.78, 5) is 11.9. The number of carbonyl (C=O) groups excluding carboxylic acids is 1. The molecule has 0 bridgehead atoms. The van der Waals surface area contributed by atoms with Crippen molar-refractivity contribution >= 4 is 28.9 Å². The Morgan fingerprint density at radius 1 is 1.65 bits per heavy atom. The molecule has 0 aromatic heterocycles. The van der Waals surface area contributed by atoms with Crippen LogP contribution >= 0.6 is 11.8 Å². The van der Waals surface area contributed by atoms with Crippen molar-refractivity contribution in [3.8, 4) is 0 Å². The maximum Gasteiger partial charge on any atom is 0.262 e. The van der Waals surface area contributed by atoms with Gasteiger partial charge >= 0.3 is 0 Å². The van der Waals surface area contributed by atoms with Crippen LogP contribution in [-0.2, 0) is 16.1 Å². The second-order valence-electron chi connectivity index (χ2n) is 4.33. The highest BCUT2D eigenvalue weighted by Gasteiger charge is 2.36. The molecule has 1 heterocycles. The average molecular weight is 316 g/mol. The average Bonchev–Trinajstić information content (AvgIpc) is 2.37. The molecule has 1 aliphatic rings. The van der Waals surface area contributed by atoms with Gasteiger partial charge in [0.2, 0.25) is 5.91 Å². The molecular weight excluding hydrogens is 296 g/mol. The number of hydrogen-bond acceptors (Lipinski definition) is 3. The third-order valence-corrected chi connectivity index (χ3v) is 5.27. The van der Waals surface area contributed by atoms with Gasteiger partial charge < -0.3 is 5.32 Å². The first kappa shape index (κ1) is 17.0. The smallest absolute Gasteiger partial charge is 0.262 e. The van der Waals surface area contributed by atoms with E-state index < -0.39 is 11.3 Å². The summed E-state index contributed by atoms with van der Waals surface area (Å²) in [6, 6.07) is -0.175. The van der Waals surface area contributed by atoms with E-state index in [1.807, 2.05) is 26.0 Å². The fraction of sp³-hybridized carbons (Fsp3) is 0.462. The summed E-state index contributed by atoms with van der Waals surface area (Å²) in [5, 5.41) is 2.75. The van der Waals surface area contributed by atoms with E-state index in [0.29, 0.717) is 12.2 Å². The molecule has 0 aromatic carbocycles. The van der Waals surface area contributed by atoms with Gasteiger partial charge in [-0.25, -0.2) is 4.21 Å². The van der Waals surface area contributed by atoms with Gasteiger partial charge in [0.25, 0.3) is 11.3 Å². The van der Waals surface area contributed by atoms with E-state index in [2.05, 4.69) is 11.9 Å². The van der Waals surface area contributed by atoms with Gasteiger partial charge in [0, 0.05) is 23.6 Å². The molecule has 112 valence electrons. The Bertz CT molecular complexity index is 474. The third kappa shape index (κ3) is 3.97. The normalized spacial score (nSPS) is 28.5. The van der Waals surface area contributed by atoms with E-state index in [0.717, 1.165) is 4.91 Å². The number of hydrogen-bond donors (Lipinski definition) is 2. The molecular formula is C13H20N2O3S2. The summed E-state index contributed by atoms with van der Waals surface area (Å²) in [5.41, 5.74) is 0.710. The molecule has 0 saturated carbocycles. The predicted octanol–water partition coefficient (Wildman–Crippen LogP) is 2.04. The number of allylic oxidation sites excluding steroid dienone is 3. The van der Waals surface area contributed by atoms with Crippen molar-refractivity contribution in [2.75, 3.05) is 6.54 Å². The highest BCUT2D eigenvalue weighted by molar-refractivity contribution is 8.04. The van der Waals surface area contributed by atoms with Gasteiger partial charge in [0.05, 0.1) is 11.7 Å². The SMILES string of the molecule is C=C/C=C1/S[C@@H](CNC(C)=O)[C@@H](C)N(S(=O)O)/C1=C/C. The molecule has 0 aromatic rings. The molecule has 1 fully saturated rings. The van der Waals surface area contributed by atoms with Gasteiger partial charge in [-0.05, 0) is 19.9 Å². The minimum absolute atomic E-state index is 0.00935. The van der Waals surface area contributed by atoms with E-state index in [-0.39, 0.29) is 17.2 Å². The molecule has 0 spiro atoms. The number of amides is 1. The second kappa shape index (κ2) is 7.66. The largest absolute Gasteiger partial charge is 0.355 e. The topological polar surface area (TPSA) is 69.6 Å². The van der Waals surface area contributed by atoms with E-state index in [1.165, 1.54) is 11.2 Å². The van der Waals surface area contributed by atoms with Crippen molar-refractivity contribution < 1.29 is 13.6 Å². The zero-order valence-electron chi connectivity index (χ0n) is 11.8. The molecule has 1 unspecified atom stereocenters. The van der Waals surface area contributed by atoms with E-state index in [4.69, 9.17) is 0 Å². The van der Waals surface area contributed by atoms with Crippen LogP contribution in [-0.4, -0.2) is 36.8 Å². The quantitative estimate of drug-likeness (QED) is 0.779. The van der Waals surface area contributed by atoms with Crippen molar-refractivity contribution in [2.24, 2.45) is 0 Å². The lowest BCUT2D eigenvalue weighted by molar-refractivity contribution is -0.118.